The molecule has 0 fully saturated rings. The topological polar surface area (TPSA) is 44.8 Å². The quantitative estimate of drug-likeness (QED) is 0.711. The molecule has 0 aliphatic rings. The maximum Gasteiger partial charge on any atom is 0.247 e. The first kappa shape index (κ1) is 19.0. The largest absolute Gasteiger partial charge is 0.496 e. The lowest BCUT2D eigenvalue weighted by molar-refractivity contribution is -0.111. The Balaban J connectivity index is 3.21. The predicted octanol–water partition coefficient (Wildman–Crippen LogP) is 2.77. The summed E-state index contributed by atoms with van der Waals surface area (Å²) in [6.45, 7) is 7.42. The highest BCUT2D eigenvalue weighted by atomic mass is 16.5. The fourth-order valence-corrected chi connectivity index (χ4v) is 2.34. The van der Waals surface area contributed by atoms with Gasteiger partial charge in [0.05, 0.1) is 18.5 Å². The highest BCUT2D eigenvalue weighted by Gasteiger charge is 2.15. The number of nitrogens with zero attached hydrogens (tertiary/aromatic N) is 2. The third kappa shape index (κ3) is 5.60. The van der Waals surface area contributed by atoms with E-state index in [0.29, 0.717) is 0 Å². The zero-order valence-corrected chi connectivity index (χ0v) is 15.0. The van der Waals surface area contributed by atoms with Crippen LogP contribution in [0, 0.1) is 0 Å². The van der Waals surface area contributed by atoms with Gasteiger partial charge in [-0.05, 0) is 38.2 Å². The fourth-order valence-electron chi connectivity index (χ4n) is 2.34. The smallest absolute Gasteiger partial charge is 0.247 e. The van der Waals surface area contributed by atoms with E-state index < -0.39 is 0 Å². The van der Waals surface area contributed by atoms with E-state index in [1.54, 1.807) is 7.11 Å². The van der Waals surface area contributed by atoms with Gasteiger partial charge in [-0.3, -0.25) is 4.79 Å². The zero-order chi connectivity index (χ0) is 17.4. The first-order valence-corrected chi connectivity index (χ1v) is 7.93. The Bertz CT molecular complexity index is 541. The molecular formula is C18H29N3O2. The van der Waals surface area contributed by atoms with Crippen LogP contribution >= 0.6 is 0 Å². The molecule has 128 valence electrons. The van der Waals surface area contributed by atoms with Gasteiger partial charge >= 0.3 is 0 Å². The Labute approximate surface area is 139 Å². The second-order valence-electron chi connectivity index (χ2n) is 5.85. The van der Waals surface area contributed by atoms with Gasteiger partial charge in [-0.15, -0.1) is 0 Å². The Hall–Kier alpha value is -2.01. The van der Waals surface area contributed by atoms with E-state index in [-0.39, 0.29) is 5.91 Å². The van der Waals surface area contributed by atoms with Crippen molar-refractivity contribution in [3.63, 3.8) is 0 Å². The van der Waals surface area contributed by atoms with Gasteiger partial charge in [-0.1, -0.05) is 19.9 Å². The van der Waals surface area contributed by atoms with Crippen LogP contribution in [-0.4, -0.2) is 52.1 Å². The molecule has 0 saturated heterocycles. The average Bonchev–Trinajstić information content (AvgIpc) is 2.52. The van der Waals surface area contributed by atoms with Crippen LogP contribution in [0.25, 0.3) is 0 Å². The molecular weight excluding hydrogens is 290 g/mol. The summed E-state index contributed by atoms with van der Waals surface area (Å²) in [5.41, 5.74) is 2.83. The molecule has 0 radical (unpaired) electrons. The minimum absolute atomic E-state index is 0.208. The second-order valence-corrected chi connectivity index (χ2v) is 5.85. The molecule has 5 heteroatoms. The number of carbonyl (C=O) groups excluding carboxylic acids is 1. The van der Waals surface area contributed by atoms with Crippen molar-refractivity contribution in [1.29, 1.82) is 0 Å². The summed E-state index contributed by atoms with van der Waals surface area (Å²) in [6.07, 6.45) is 3.20. The fraction of sp³-hybridized carbons (Fsp3) is 0.500. The van der Waals surface area contributed by atoms with Gasteiger partial charge in [0, 0.05) is 26.2 Å². The molecule has 0 atom stereocenters. The van der Waals surface area contributed by atoms with Gasteiger partial charge in [0.15, 0.2) is 0 Å². The summed E-state index contributed by atoms with van der Waals surface area (Å²) in [5.74, 6) is 0.648. The Kier molecular flexibility index (Phi) is 7.62. The number of anilines is 2. The van der Waals surface area contributed by atoms with E-state index in [9.17, 15) is 4.79 Å². The maximum atomic E-state index is 11.8. The van der Waals surface area contributed by atoms with E-state index in [1.807, 2.05) is 33.3 Å². The third-order valence-electron chi connectivity index (χ3n) is 3.66. The number of hydrogen-bond donors (Lipinski definition) is 1. The lowest BCUT2D eigenvalue weighted by Gasteiger charge is -2.25. The van der Waals surface area contributed by atoms with Crippen LogP contribution in [0.1, 0.15) is 18.9 Å². The van der Waals surface area contributed by atoms with E-state index in [0.717, 1.165) is 48.6 Å². The van der Waals surface area contributed by atoms with Gasteiger partial charge < -0.3 is 19.9 Å². The minimum atomic E-state index is -0.208. The molecule has 0 aliphatic carbocycles. The maximum absolute atomic E-state index is 11.8. The standard InChI is InChI=1S/C18H29N3O2/c1-7-9-14-12-15(19-18(22)8-2)16(13-17(14)23-6)21(5)11-10-20(3)4/h8,12-13H,2,7,9-11H2,1,3-6H3,(H,19,22). The number of ether oxygens (including phenoxy) is 1. The number of hydrogen-bond acceptors (Lipinski definition) is 4. The van der Waals surface area contributed by atoms with E-state index >= 15 is 0 Å². The Morgan fingerprint density at radius 3 is 2.52 bits per heavy atom. The van der Waals surface area contributed by atoms with Gasteiger partial charge in [-0.2, -0.15) is 0 Å². The summed E-state index contributed by atoms with van der Waals surface area (Å²) in [5, 5.41) is 2.91. The molecule has 1 N–H and O–H groups in total. The van der Waals surface area contributed by atoms with Crippen molar-refractivity contribution in [3.8, 4) is 5.75 Å². The molecule has 0 unspecified atom stereocenters. The van der Waals surface area contributed by atoms with E-state index in [1.165, 1.54) is 6.08 Å². The van der Waals surface area contributed by atoms with Gasteiger partial charge in [0.25, 0.3) is 0 Å². The van der Waals surface area contributed by atoms with Crippen molar-refractivity contribution < 1.29 is 9.53 Å². The van der Waals surface area contributed by atoms with Crippen LogP contribution in [0.5, 0.6) is 5.75 Å². The normalized spacial score (nSPS) is 10.5. The third-order valence-corrected chi connectivity index (χ3v) is 3.66. The van der Waals surface area contributed by atoms with Gasteiger partial charge in [0.2, 0.25) is 5.91 Å². The lowest BCUT2D eigenvalue weighted by Crippen LogP contribution is -2.29. The highest BCUT2D eigenvalue weighted by Crippen LogP contribution is 2.34. The average molecular weight is 319 g/mol. The summed E-state index contributed by atoms with van der Waals surface area (Å²) >= 11 is 0. The van der Waals surface area contributed by atoms with Crippen LogP contribution in [0.3, 0.4) is 0 Å². The molecule has 1 amide bonds. The first-order chi connectivity index (χ1) is 10.9. The molecule has 0 bridgehead atoms. The van der Waals surface area contributed by atoms with Crippen LogP contribution in [0.4, 0.5) is 11.4 Å². The van der Waals surface area contributed by atoms with Gasteiger partial charge in [-0.25, -0.2) is 0 Å². The number of rotatable bonds is 9. The molecule has 0 heterocycles. The van der Waals surface area contributed by atoms with Crippen molar-refractivity contribution in [2.75, 3.05) is 51.6 Å². The van der Waals surface area contributed by atoms with Crippen LogP contribution in [-0.2, 0) is 11.2 Å². The molecule has 1 aromatic carbocycles. The Morgan fingerprint density at radius 2 is 2.00 bits per heavy atom. The summed E-state index contributed by atoms with van der Waals surface area (Å²) in [6, 6.07) is 4.00. The van der Waals surface area contributed by atoms with Crippen molar-refractivity contribution in [1.82, 2.24) is 4.90 Å². The van der Waals surface area contributed by atoms with Gasteiger partial charge in [0.1, 0.15) is 5.75 Å². The zero-order valence-electron chi connectivity index (χ0n) is 15.0. The van der Waals surface area contributed by atoms with Crippen molar-refractivity contribution in [2.24, 2.45) is 0 Å². The summed E-state index contributed by atoms with van der Waals surface area (Å²) in [7, 11) is 7.78. The molecule has 1 rings (SSSR count). The molecule has 5 nitrogen and oxygen atoms in total. The first-order valence-electron chi connectivity index (χ1n) is 7.93. The molecule has 23 heavy (non-hydrogen) atoms. The number of aryl methyl sites for hydroxylation is 1. The number of benzene rings is 1. The SMILES string of the molecule is C=CC(=O)Nc1cc(CCC)c(OC)cc1N(C)CCN(C)C. The number of amides is 1. The molecule has 0 aliphatic heterocycles. The number of likely N-dealkylation sites (N-methyl/N-ethyl adjacent to an activating group) is 2. The predicted molar refractivity (Wildman–Crippen MR) is 97.6 cm³/mol. The number of methoxy groups -OCH3 is 1. The number of carbonyl (C=O) groups is 1. The summed E-state index contributed by atoms with van der Waals surface area (Å²) < 4.78 is 5.53. The molecule has 1 aromatic rings. The monoisotopic (exact) mass is 319 g/mol. The summed E-state index contributed by atoms with van der Waals surface area (Å²) in [4.78, 5) is 16.0. The van der Waals surface area contributed by atoms with Crippen LogP contribution < -0.4 is 15.0 Å². The van der Waals surface area contributed by atoms with Crippen molar-refractivity contribution in [3.05, 3.63) is 30.4 Å². The lowest BCUT2D eigenvalue weighted by atomic mass is 10.1. The minimum Gasteiger partial charge on any atom is -0.496 e. The highest BCUT2D eigenvalue weighted by molar-refractivity contribution is 6.01. The molecule has 0 aromatic heterocycles. The van der Waals surface area contributed by atoms with Crippen LogP contribution in [0.2, 0.25) is 0 Å². The molecule has 0 spiro atoms. The van der Waals surface area contributed by atoms with Crippen molar-refractivity contribution in [2.45, 2.75) is 19.8 Å². The van der Waals surface area contributed by atoms with E-state index in [2.05, 4.69) is 28.6 Å². The second kappa shape index (κ2) is 9.20. The van der Waals surface area contributed by atoms with Crippen LogP contribution in [0.15, 0.2) is 24.8 Å². The number of nitrogens with one attached hydrogen (secondary N) is 1. The van der Waals surface area contributed by atoms with Crippen molar-refractivity contribution >= 4 is 17.3 Å². The van der Waals surface area contributed by atoms with E-state index in [4.69, 9.17) is 4.74 Å². The molecule has 0 saturated carbocycles. The Morgan fingerprint density at radius 1 is 1.30 bits per heavy atom.